The van der Waals surface area contributed by atoms with Gasteiger partial charge in [-0.2, -0.15) is 0 Å². The number of hydrogen-bond acceptors (Lipinski definition) is 8. The molecule has 398 valence electrons. The normalized spacial score (nSPS) is 18.5. The van der Waals surface area contributed by atoms with Crippen molar-refractivity contribution in [3.8, 4) is 0 Å². The first-order valence-electron chi connectivity index (χ1n) is 27.4. The number of aliphatic imine (C=N–C) groups is 1. The van der Waals surface area contributed by atoms with Crippen molar-refractivity contribution in [1.82, 2.24) is 10.2 Å². The first kappa shape index (κ1) is 61.9. The first-order valence-corrected chi connectivity index (χ1v) is 28.1. The molecule has 3 heterocycles. The molecule has 3 fully saturated rings. The Morgan fingerprint density at radius 2 is 1.67 bits per heavy atom. The van der Waals surface area contributed by atoms with Gasteiger partial charge in [-0.05, 0) is 125 Å². The van der Waals surface area contributed by atoms with E-state index >= 15 is 0 Å². The van der Waals surface area contributed by atoms with Crippen molar-refractivity contribution in [2.75, 3.05) is 37.6 Å². The maximum absolute atomic E-state index is 14.3. The number of ketones is 2. The summed E-state index contributed by atoms with van der Waals surface area (Å²) < 4.78 is 20.5. The lowest BCUT2D eigenvalue weighted by molar-refractivity contribution is -0.119. The van der Waals surface area contributed by atoms with Crippen LogP contribution in [-0.2, 0) is 9.53 Å². The minimum Gasteiger partial charge on any atom is -0.465 e. The highest BCUT2D eigenvalue weighted by Crippen LogP contribution is 2.39. The van der Waals surface area contributed by atoms with Crippen molar-refractivity contribution in [2.45, 2.75) is 172 Å². The molecule has 2 aromatic carbocycles. The van der Waals surface area contributed by atoms with Crippen molar-refractivity contribution >= 4 is 52.7 Å². The second kappa shape index (κ2) is 32.7. The van der Waals surface area contributed by atoms with E-state index in [1.165, 1.54) is 54.4 Å². The minimum absolute atomic E-state index is 0.0371. The number of piperidine rings is 1. The molecule has 1 saturated carbocycles. The standard InChI is InChI=1S/C43H52Cl2FN5O2.C14H26O.2C2H6/c1-5-27(4)42(52)35-12-11-34(20-31(35)19-28-9-8-10-28)51-25-29(26-51)24-50-17-15-33(16-18-50)48-23-32(22-47)30(6-2)21-39-38(7-3)49-43(53-39)40-36(44)13-14-37(46)41(40)45;1-5-7-9-12(3)13(4)10-11-14(15)8-6-2;2*1-2/h6,11-14,19-23,27,29,33,43,49H,2,5,7-10,15-18,24-26,47H2,1,3-4H3;9,13H,5-8,10-11H2,1-4H3;2*1-2H3/b30-21+,32-22+,48-23?;12-9-;;/t27?,43-;;;/m0.../s1. The van der Waals surface area contributed by atoms with Crippen LogP contribution in [0.1, 0.15) is 187 Å². The monoisotopic (exact) mass is 1030 g/mol. The number of hydrogen-bond donors (Lipinski definition) is 2. The zero-order chi connectivity index (χ0) is 53.3. The van der Waals surface area contributed by atoms with Crippen molar-refractivity contribution < 1.29 is 18.7 Å². The zero-order valence-corrected chi connectivity index (χ0v) is 47.5. The smallest absolute Gasteiger partial charge is 0.199 e. The molecule has 1 aliphatic carbocycles. The Morgan fingerprint density at radius 3 is 2.25 bits per heavy atom. The number of ether oxygens (including phenoxy) is 1. The molecule has 3 N–H and O–H groups in total. The molecule has 3 atom stereocenters. The van der Waals surface area contributed by atoms with Gasteiger partial charge in [0.05, 0.1) is 27.3 Å². The van der Waals surface area contributed by atoms with Crippen LogP contribution >= 0.6 is 23.2 Å². The molecule has 6 rings (SSSR count). The number of anilines is 1. The fraction of sp³-hybridized carbons (Fsp3) is 0.557. The highest BCUT2D eigenvalue weighted by molar-refractivity contribution is 6.36. The predicted molar refractivity (Wildman–Crippen MR) is 307 cm³/mol. The van der Waals surface area contributed by atoms with Crippen LogP contribution in [-0.4, -0.2) is 61.4 Å². The minimum atomic E-state index is -0.727. The summed E-state index contributed by atoms with van der Waals surface area (Å²) in [4.78, 5) is 34.5. The summed E-state index contributed by atoms with van der Waals surface area (Å²) in [6.45, 7) is 32.0. The summed E-state index contributed by atoms with van der Waals surface area (Å²) in [6, 6.07) is 9.36. The van der Waals surface area contributed by atoms with E-state index in [2.05, 4.69) is 86.7 Å². The lowest BCUT2D eigenvalue weighted by Gasteiger charge is -2.44. The molecule has 2 aromatic rings. The predicted octanol–water partition coefficient (Wildman–Crippen LogP) is 16.4. The number of halogens is 3. The Balaban J connectivity index is 0.000000615. The number of allylic oxidation sites excluding steroid dienone is 8. The average molecular weight is 1030 g/mol. The summed E-state index contributed by atoms with van der Waals surface area (Å²) in [5.41, 5.74) is 14.8. The number of Topliss-reactive ketones (excluding diaryl/α,β-unsaturated/α-hetero) is 2. The van der Waals surface area contributed by atoms with E-state index in [4.69, 9.17) is 38.7 Å². The van der Waals surface area contributed by atoms with Crippen LogP contribution in [0.15, 0.2) is 100 Å². The Kier molecular flexibility index (Phi) is 28.1. The Bertz CT molecular complexity index is 2240. The SMILES string of the molecule is C=CC(=C\C1=C(CC)N[C@H](c2c(Cl)ccc(F)c2Cl)O1)/C(C=NC1CCN(CC2CN(c3ccc(C(=O)C(C)CC)c(C=C4CCC4)c3)C2)CC1)=C/N.CC.CC.CCC/C=C(/C)C(C)CCC(=O)CCC. The van der Waals surface area contributed by atoms with Crippen LogP contribution in [0.25, 0.3) is 6.08 Å². The number of carbonyl (C=O) groups excluding carboxylic acids is 2. The number of likely N-dealkylation sites (tertiary alicyclic amines) is 1. The van der Waals surface area contributed by atoms with E-state index in [0.29, 0.717) is 40.4 Å². The van der Waals surface area contributed by atoms with Gasteiger partial charge in [0.15, 0.2) is 12.0 Å². The number of rotatable bonds is 22. The van der Waals surface area contributed by atoms with Crippen LogP contribution in [0.5, 0.6) is 0 Å². The fourth-order valence-corrected chi connectivity index (χ4v) is 9.52. The van der Waals surface area contributed by atoms with Gasteiger partial charge in [0, 0.05) is 86.6 Å². The molecule has 0 spiro atoms. The van der Waals surface area contributed by atoms with Gasteiger partial charge in [-0.25, -0.2) is 4.39 Å². The number of nitrogens with one attached hydrogen (secondary N) is 1. The Morgan fingerprint density at radius 1 is 0.972 bits per heavy atom. The molecule has 0 aromatic heterocycles. The average Bonchev–Trinajstić information content (AvgIpc) is 3.78. The van der Waals surface area contributed by atoms with E-state index in [1.54, 1.807) is 6.08 Å². The highest BCUT2D eigenvalue weighted by atomic mass is 35.5. The zero-order valence-electron chi connectivity index (χ0n) is 46.0. The topological polar surface area (TPSA) is 100 Å². The summed E-state index contributed by atoms with van der Waals surface area (Å²) in [7, 11) is 0. The summed E-state index contributed by atoms with van der Waals surface area (Å²) in [5, 5.41) is 3.53. The van der Waals surface area contributed by atoms with Gasteiger partial charge >= 0.3 is 0 Å². The molecule has 0 radical (unpaired) electrons. The molecule has 8 nitrogen and oxygen atoms in total. The van der Waals surface area contributed by atoms with Gasteiger partial charge in [0.1, 0.15) is 17.4 Å². The number of benzene rings is 2. The van der Waals surface area contributed by atoms with Crippen LogP contribution in [0, 0.1) is 23.6 Å². The van der Waals surface area contributed by atoms with E-state index in [1.807, 2.05) is 53.8 Å². The second-order valence-electron chi connectivity index (χ2n) is 19.2. The molecule has 4 aliphatic rings. The van der Waals surface area contributed by atoms with E-state index in [-0.39, 0.29) is 22.8 Å². The lowest BCUT2D eigenvalue weighted by atomic mass is 9.87. The molecule has 72 heavy (non-hydrogen) atoms. The van der Waals surface area contributed by atoms with Crippen LogP contribution in [0.4, 0.5) is 10.1 Å². The van der Waals surface area contributed by atoms with Gasteiger partial charge in [-0.1, -0.05) is 135 Å². The van der Waals surface area contributed by atoms with Crippen molar-refractivity contribution in [3.63, 3.8) is 0 Å². The van der Waals surface area contributed by atoms with Gasteiger partial charge in [-0.3, -0.25) is 14.6 Å². The van der Waals surface area contributed by atoms with Crippen LogP contribution < -0.4 is 16.0 Å². The summed E-state index contributed by atoms with van der Waals surface area (Å²) in [6.07, 6.45) is 23.7. The van der Waals surface area contributed by atoms with Gasteiger partial charge in [0.25, 0.3) is 0 Å². The number of nitrogens with zero attached hydrogens (tertiary/aromatic N) is 3. The second-order valence-corrected chi connectivity index (χ2v) is 20.0. The first-order chi connectivity index (χ1) is 34.7. The number of nitrogens with two attached hydrogens (primary N) is 1. The third-order valence-electron chi connectivity index (χ3n) is 14.0. The van der Waals surface area contributed by atoms with Crippen molar-refractivity contribution in [3.05, 3.63) is 128 Å². The molecule has 2 saturated heterocycles. The van der Waals surface area contributed by atoms with E-state index in [9.17, 15) is 14.0 Å². The van der Waals surface area contributed by atoms with Crippen LogP contribution in [0.3, 0.4) is 0 Å². The number of unbranched alkanes of at least 4 members (excludes halogenated alkanes) is 1. The molecule has 0 bridgehead atoms. The summed E-state index contributed by atoms with van der Waals surface area (Å²) in [5.74, 6) is 1.93. The van der Waals surface area contributed by atoms with Gasteiger partial charge in [-0.15, -0.1) is 0 Å². The molecular formula is C61H90Cl2FN5O3. The maximum Gasteiger partial charge on any atom is 0.199 e. The lowest BCUT2D eigenvalue weighted by Crippen LogP contribution is -2.52. The number of carbonyl (C=O) groups is 2. The largest absolute Gasteiger partial charge is 0.465 e. The van der Waals surface area contributed by atoms with Crippen LogP contribution in [0.2, 0.25) is 10.0 Å². The van der Waals surface area contributed by atoms with E-state index < -0.39 is 12.0 Å². The third-order valence-corrected chi connectivity index (χ3v) is 14.7. The maximum atomic E-state index is 14.3. The Labute approximate surface area is 445 Å². The quantitative estimate of drug-likeness (QED) is 0.0398. The van der Waals surface area contributed by atoms with Gasteiger partial charge in [0.2, 0.25) is 0 Å². The molecule has 11 heteroatoms. The highest BCUT2D eigenvalue weighted by Gasteiger charge is 2.32. The summed E-state index contributed by atoms with van der Waals surface area (Å²) >= 11 is 12.6. The Hall–Kier alpha value is -4.44. The molecule has 2 unspecified atom stereocenters. The third kappa shape index (κ3) is 18.2. The van der Waals surface area contributed by atoms with Crippen molar-refractivity contribution in [2.24, 2.45) is 28.5 Å². The van der Waals surface area contributed by atoms with E-state index in [0.717, 1.165) is 118 Å². The molecule has 0 amide bonds. The fourth-order valence-electron chi connectivity index (χ4n) is 8.95. The molecular weight excluding hydrogens is 941 g/mol. The van der Waals surface area contributed by atoms with Crippen molar-refractivity contribution in [1.29, 1.82) is 0 Å². The molecule has 3 aliphatic heterocycles. The van der Waals surface area contributed by atoms with Gasteiger partial charge < -0.3 is 25.6 Å².